The third kappa shape index (κ3) is 4.49. The average Bonchev–Trinajstić information content (AvgIpc) is 3.71. The molecular formula is C28H22ClFN4O4S. The van der Waals surface area contributed by atoms with E-state index in [1.54, 1.807) is 19.1 Å². The molecule has 2 N–H and O–H groups in total. The number of H-pyrrole nitrogens is 1. The molecule has 0 unspecified atom stereocenters. The molecule has 0 spiro atoms. The van der Waals surface area contributed by atoms with Gasteiger partial charge in [-0.05, 0) is 61.7 Å². The fourth-order valence-electron chi connectivity index (χ4n) is 4.83. The number of hydrogen-bond acceptors (Lipinski definition) is 5. The van der Waals surface area contributed by atoms with Crippen LogP contribution in [0.15, 0.2) is 65.6 Å². The Morgan fingerprint density at radius 2 is 1.95 bits per heavy atom. The first kappa shape index (κ1) is 25.3. The standard InChI is InChI=1S/C28H22ClFN4O4S/c1-15-11-20-23(13-21(15)30)34(14-17-12-16-5-2-3-7-22(16)32-26(17)29)25(24(20)19-6-4-10-31-27(19)35)28(36)33-39(37,38)18-8-9-18/h2-7,10-13,18H,8-9,14H2,1H3,(H,31,35)(H,33,36). The van der Waals surface area contributed by atoms with Crippen LogP contribution in [0.3, 0.4) is 0 Å². The van der Waals surface area contributed by atoms with Gasteiger partial charge in [0.25, 0.3) is 11.5 Å². The molecule has 1 saturated carbocycles. The van der Waals surface area contributed by atoms with Gasteiger partial charge >= 0.3 is 0 Å². The highest BCUT2D eigenvalue weighted by atomic mass is 35.5. The summed E-state index contributed by atoms with van der Waals surface area (Å²) < 4.78 is 44.2. The van der Waals surface area contributed by atoms with Gasteiger partial charge in [-0.25, -0.2) is 22.5 Å². The van der Waals surface area contributed by atoms with Crippen molar-refractivity contribution in [3.8, 4) is 11.1 Å². The molecular weight excluding hydrogens is 543 g/mol. The molecule has 0 aliphatic heterocycles. The van der Waals surface area contributed by atoms with Gasteiger partial charge in [0.1, 0.15) is 16.7 Å². The quantitative estimate of drug-likeness (QED) is 0.284. The highest BCUT2D eigenvalue weighted by molar-refractivity contribution is 7.91. The number of halogens is 2. The molecule has 3 heterocycles. The molecule has 1 amide bonds. The molecule has 1 aliphatic carbocycles. The number of benzene rings is 2. The summed E-state index contributed by atoms with van der Waals surface area (Å²) >= 11 is 6.55. The molecule has 3 aromatic heterocycles. The minimum atomic E-state index is -3.94. The number of nitrogens with one attached hydrogen (secondary N) is 2. The molecule has 198 valence electrons. The molecule has 1 fully saturated rings. The van der Waals surface area contributed by atoms with E-state index in [1.165, 1.54) is 22.9 Å². The van der Waals surface area contributed by atoms with Crippen molar-refractivity contribution in [3.63, 3.8) is 0 Å². The number of aromatic nitrogens is 3. The van der Waals surface area contributed by atoms with E-state index in [4.69, 9.17) is 11.6 Å². The summed E-state index contributed by atoms with van der Waals surface area (Å²) in [6, 6.07) is 15.2. The number of para-hydroxylation sites is 1. The molecule has 0 atom stereocenters. The Kier molecular flexibility index (Phi) is 6.04. The zero-order valence-electron chi connectivity index (χ0n) is 20.7. The lowest BCUT2D eigenvalue weighted by Gasteiger charge is -2.14. The van der Waals surface area contributed by atoms with Gasteiger partial charge in [-0.1, -0.05) is 29.8 Å². The van der Waals surface area contributed by atoms with E-state index in [2.05, 4.69) is 14.7 Å². The van der Waals surface area contributed by atoms with Gasteiger partial charge in [-0.2, -0.15) is 0 Å². The molecule has 5 aromatic rings. The third-order valence-corrected chi connectivity index (χ3v) is 9.07. The van der Waals surface area contributed by atoms with Crippen molar-refractivity contribution < 1.29 is 17.6 Å². The Morgan fingerprint density at radius 3 is 2.69 bits per heavy atom. The first-order chi connectivity index (χ1) is 18.6. The topological polar surface area (TPSA) is 114 Å². The number of aromatic amines is 1. The summed E-state index contributed by atoms with van der Waals surface area (Å²) in [5.74, 6) is -1.44. The van der Waals surface area contributed by atoms with Crippen molar-refractivity contribution in [2.24, 2.45) is 0 Å². The second-order valence-corrected chi connectivity index (χ2v) is 12.0. The van der Waals surface area contributed by atoms with E-state index in [0.717, 1.165) is 5.39 Å². The number of pyridine rings is 2. The normalized spacial score (nSPS) is 13.7. The van der Waals surface area contributed by atoms with Crippen LogP contribution in [-0.2, 0) is 16.6 Å². The number of sulfonamides is 1. The van der Waals surface area contributed by atoms with Gasteiger partial charge < -0.3 is 9.55 Å². The fourth-order valence-corrected chi connectivity index (χ4v) is 6.31. The lowest BCUT2D eigenvalue weighted by molar-refractivity contribution is 0.0974. The molecule has 0 bridgehead atoms. The summed E-state index contributed by atoms with van der Waals surface area (Å²) in [4.78, 5) is 33.8. The van der Waals surface area contributed by atoms with Crippen LogP contribution < -0.4 is 10.3 Å². The van der Waals surface area contributed by atoms with Crippen molar-refractivity contribution in [1.82, 2.24) is 19.3 Å². The highest BCUT2D eigenvalue weighted by Gasteiger charge is 2.38. The van der Waals surface area contributed by atoms with Crippen LogP contribution in [0.5, 0.6) is 0 Å². The van der Waals surface area contributed by atoms with Crippen molar-refractivity contribution in [2.45, 2.75) is 31.6 Å². The smallest absolute Gasteiger partial charge is 0.282 e. The Hall–Kier alpha value is -4.02. The predicted molar refractivity (Wildman–Crippen MR) is 148 cm³/mol. The van der Waals surface area contributed by atoms with E-state index < -0.39 is 32.6 Å². The van der Waals surface area contributed by atoms with Gasteiger partial charge in [0.15, 0.2) is 0 Å². The maximum absolute atomic E-state index is 14.9. The summed E-state index contributed by atoms with van der Waals surface area (Å²) in [7, 11) is -3.94. The van der Waals surface area contributed by atoms with Crippen molar-refractivity contribution in [2.75, 3.05) is 0 Å². The van der Waals surface area contributed by atoms with E-state index in [-0.39, 0.29) is 28.5 Å². The second kappa shape index (κ2) is 9.32. The number of carbonyl (C=O) groups is 1. The highest BCUT2D eigenvalue weighted by Crippen LogP contribution is 2.37. The monoisotopic (exact) mass is 564 g/mol. The summed E-state index contributed by atoms with van der Waals surface area (Å²) in [5, 5.41) is 0.753. The maximum atomic E-state index is 14.9. The van der Waals surface area contributed by atoms with Crippen molar-refractivity contribution in [1.29, 1.82) is 0 Å². The van der Waals surface area contributed by atoms with Crippen LogP contribution in [-0.4, -0.2) is 34.1 Å². The molecule has 8 nitrogen and oxygen atoms in total. The first-order valence-electron chi connectivity index (χ1n) is 12.2. The van der Waals surface area contributed by atoms with E-state index >= 15 is 0 Å². The van der Waals surface area contributed by atoms with E-state index in [1.807, 2.05) is 30.3 Å². The zero-order valence-corrected chi connectivity index (χ0v) is 22.2. The van der Waals surface area contributed by atoms with Crippen LogP contribution in [0.4, 0.5) is 4.39 Å². The molecule has 0 saturated heterocycles. The average molecular weight is 565 g/mol. The molecule has 11 heteroatoms. The van der Waals surface area contributed by atoms with Crippen LogP contribution >= 0.6 is 11.6 Å². The number of aryl methyl sites for hydroxylation is 1. The third-order valence-electron chi connectivity index (χ3n) is 6.92. The Morgan fingerprint density at radius 1 is 1.18 bits per heavy atom. The molecule has 0 radical (unpaired) electrons. The molecule has 6 rings (SSSR count). The molecule has 39 heavy (non-hydrogen) atoms. The van der Waals surface area contributed by atoms with Crippen LogP contribution in [0.1, 0.15) is 34.5 Å². The minimum absolute atomic E-state index is 0.0351. The largest absolute Gasteiger partial charge is 0.331 e. The fraction of sp³-hybridized carbons (Fsp3) is 0.179. The van der Waals surface area contributed by atoms with E-state index in [9.17, 15) is 22.4 Å². The number of carbonyl (C=O) groups excluding carboxylic acids is 1. The van der Waals surface area contributed by atoms with Gasteiger partial charge in [0.2, 0.25) is 10.0 Å². The van der Waals surface area contributed by atoms with Crippen molar-refractivity contribution >= 4 is 49.3 Å². The first-order valence-corrected chi connectivity index (χ1v) is 14.2. The van der Waals surface area contributed by atoms with Gasteiger partial charge in [-0.3, -0.25) is 9.59 Å². The Labute approximate surface area is 227 Å². The van der Waals surface area contributed by atoms with Gasteiger partial charge in [0.05, 0.1) is 22.8 Å². The number of rotatable bonds is 6. The van der Waals surface area contributed by atoms with Crippen molar-refractivity contribution in [3.05, 3.63) is 98.9 Å². The van der Waals surface area contributed by atoms with E-state index in [0.29, 0.717) is 40.4 Å². The SMILES string of the molecule is Cc1cc2c(-c3ccc[nH]c3=O)c(C(=O)NS(=O)(=O)C3CC3)n(Cc3cc4ccccc4nc3Cl)c2cc1F. The van der Waals surface area contributed by atoms with Gasteiger partial charge in [-0.15, -0.1) is 0 Å². The summed E-state index contributed by atoms with van der Waals surface area (Å²) in [6.45, 7) is 1.54. The Bertz CT molecular complexity index is 1980. The summed E-state index contributed by atoms with van der Waals surface area (Å²) in [5.41, 5.74) is 1.57. The Balaban J connectivity index is 1.65. The van der Waals surface area contributed by atoms with Gasteiger partial charge in [0, 0.05) is 33.7 Å². The maximum Gasteiger partial charge on any atom is 0.282 e. The second-order valence-electron chi connectivity index (χ2n) is 9.65. The summed E-state index contributed by atoms with van der Waals surface area (Å²) in [6.07, 6.45) is 2.37. The molecule has 1 aliphatic rings. The molecule has 2 aromatic carbocycles. The zero-order chi connectivity index (χ0) is 27.5. The lowest BCUT2D eigenvalue weighted by atomic mass is 10.0. The minimum Gasteiger partial charge on any atom is -0.331 e. The number of nitrogens with zero attached hydrogens (tertiary/aromatic N) is 2. The number of amides is 1. The number of hydrogen-bond donors (Lipinski definition) is 2. The van der Waals surface area contributed by atoms with Crippen LogP contribution in [0, 0.1) is 12.7 Å². The lowest BCUT2D eigenvalue weighted by Crippen LogP contribution is -2.35. The number of fused-ring (bicyclic) bond motifs is 2. The van der Waals surface area contributed by atoms with Crippen LogP contribution in [0.2, 0.25) is 5.15 Å². The predicted octanol–water partition coefficient (Wildman–Crippen LogP) is 4.92. The van der Waals surface area contributed by atoms with Crippen LogP contribution in [0.25, 0.3) is 32.9 Å².